The molecule has 1 saturated carbocycles. The molecule has 2 heterocycles. The van der Waals surface area contributed by atoms with Crippen molar-refractivity contribution in [1.82, 2.24) is 14.9 Å². The van der Waals surface area contributed by atoms with E-state index in [-0.39, 0.29) is 0 Å². The number of rotatable bonds is 8. The highest BCUT2D eigenvalue weighted by Gasteiger charge is 2.28. The summed E-state index contributed by atoms with van der Waals surface area (Å²) in [6, 6.07) is 0. The summed E-state index contributed by atoms with van der Waals surface area (Å²) < 4.78 is 10.7. The molecule has 2 fully saturated rings. The minimum absolute atomic E-state index is 0.349. The molecule has 0 N–H and O–H groups in total. The van der Waals surface area contributed by atoms with Crippen LogP contribution >= 0.6 is 0 Å². The van der Waals surface area contributed by atoms with Gasteiger partial charge in [-0.2, -0.15) is 0 Å². The number of aromatic nitrogens is 2. The second kappa shape index (κ2) is 10.1. The SMILES string of the molecule is COCCOCc1cnc(C)nc1C1CCN(C(=O)CC2CCCC2)CC1. The molecule has 0 unspecified atom stereocenters. The first-order valence-corrected chi connectivity index (χ1v) is 10.3. The van der Waals surface area contributed by atoms with E-state index in [0.717, 1.165) is 49.4 Å². The van der Waals surface area contributed by atoms with Crippen LogP contribution in [0.25, 0.3) is 0 Å². The van der Waals surface area contributed by atoms with Crippen LogP contribution in [0.15, 0.2) is 6.20 Å². The average Bonchev–Trinajstić information content (AvgIpc) is 3.19. The van der Waals surface area contributed by atoms with Gasteiger partial charge in [-0.3, -0.25) is 4.79 Å². The average molecular weight is 376 g/mol. The largest absolute Gasteiger partial charge is 0.382 e. The molecule has 2 aliphatic rings. The summed E-state index contributed by atoms with van der Waals surface area (Å²) in [7, 11) is 1.67. The van der Waals surface area contributed by atoms with Gasteiger partial charge in [0.1, 0.15) is 5.82 Å². The van der Waals surface area contributed by atoms with Gasteiger partial charge in [-0.05, 0) is 38.5 Å². The van der Waals surface area contributed by atoms with Gasteiger partial charge in [-0.1, -0.05) is 12.8 Å². The molecule has 1 aliphatic carbocycles. The molecule has 1 aromatic heterocycles. The van der Waals surface area contributed by atoms with Crippen LogP contribution in [-0.2, 0) is 20.9 Å². The Labute approximate surface area is 162 Å². The van der Waals surface area contributed by atoms with E-state index in [4.69, 9.17) is 14.5 Å². The van der Waals surface area contributed by atoms with Crippen LogP contribution in [0.3, 0.4) is 0 Å². The van der Waals surface area contributed by atoms with E-state index in [1.165, 1.54) is 25.7 Å². The van der Waals surface area contributed by atoms with E-state index in [1.54, 1.807) is 7.11 Å². The van der Waals surface area contributed by atoms with Crippen LogP contribution in [0, 0.1) is 12.8 Å². The van der Waals surface area contributed by atoms with Crippen LogP contribution in [0.1, 0.15) is 67.9 Å². The number of carbonyl (C=O) groups excluding carboxylic acids is 1. The smallest absolute Gasteiger partial charge is 0.222 e. The van der Waals surface area contributed by atoms with Gasteiger partial charge in [0, 0.05) is 44.3 Å². The topological polar surface area (TPSA) is 64.6 Å². The first kappa shape index (κ1) is 20.2. The minimum Gasteiger partial charge on any atom is -0.382 e. The molecule has 1 saturated heterocycles. The monoisotopic (exact) mass is 375 g/mol. The molecule has 1 aliphatic heterocycles. The van der Waals surface area contributed by atoms with Crippen molar-refractivity contribution in [2.24, 2.45) is 5.92 Å². The molecule has 6 nitrogen and oxygen atoms in total. The van der Waals surface area contributed by atoms with Crippen LogP contribution in [0.4, 0.5) is 0 Å². The van der Waals surface area contributed by atoms with Crippen LogP contribution < -0.4 is 0 Å². The lowest BCUT2D eigenvalue weighted by Gasteiger charge is -2.33. The Bertz CT molecular complexity index is 609. The number of methoxy groups -OCH3 is 1. The molecule has 150 valence electrons. The highest BCUT2D eigenvalue weighted by Crippen LogP contribution is 2.32. The Morgan fingerprint density at radius 3 is 2.63 bits per heavy atom. The Morgan fingerprint density at radius 1 is 1.19 bits per heavy atom. The van der Waals surface area contributed by atoms with E-state index < -0.39 is 0 Å². The summed E-state index contributed by atoms with van der Waals surface area (Å²) in [5.74, 6) is 2.14. The van der Waals surface area contributed by atoms with Crippen molar-refractivity contribution in [2.75, 3.05) is 33.4 Å². The van der Waals surface area contributed by atoms with Crippen molar-refractivity contribution in [1.29, 1.82) is 0 Å². The summed E-state index contributed by atoms with van der Waals surface area (Å²) in [5, 5.41) is 0. The zero-order valence-corrected chi connectivity index (χ0v) is 16.8. The number of ether oxygens (including phenoxy) is 2. The summed E-state index contributed by atoms with van der Waals surface area (Å²) in [6.45, 7) is 5.27. The van der Waals surface area contributed by atoms with Crippen LogP contribution in [0.2, 0.25) is 0 Å². The maximum absolute atomic E-state index is 12.6. The fourth-order valence-electron chi connectivity index (χ4n) is 4.29. The molecule has 3 rings (SSSR count). The van der Waals surface area contributed by atoms with E-state index in [1.807, 2.05) is 13.1 Å². The number of piperidine rings is 1. The van der Waals surface area contributed by atoms with Gasteiger partial charge in [-0.25, -0.2) is 9.97 Å². The number of hydrogen-bond acceptors (Lipinski definition) is 5. The van der Waals surface area contributed by atoms with Crippen LogP contribution in [-0.4, -0.2) is 54.2 Å². The third kappa shape index (κ3) is 5.72. The number of carbonyl (C=O) groups is 1. The molecule has 0 atom stereocenters. The third-order valence-electron chi connectivity index (χ3n) is 5.88. The fraction of sp³-hybridized carbons (Fsp3) is 0.762. The lowest BCUT2D eigenvalue weighted by molar-refractivity contribution is -0.133. The number of amides is 1. The number of hydrogen-bond donors (Lipinski definition) is 0. The fourth-order valence-corrected chi connectivity index (χ4v) is 4.29. The predicted molar refractivity (Wildman–Crippen MR) is 103 cm³/mol. The number of likely N-dealkylation sites (tertiary alicyclic amines) is 1. The second-order valence-electron chi connectivity index (χ2n) is 7.88. The molecule has 27 heavy (non-hydrogen) atoms. The van der Waals surface area contributed by atoms with Gasteiger partial charge < -0.3 is 14.4 Å². The van der Waals surface area contributed by atoms with Gasteiger partial charge in [-0.15, -0.1) is 0 Å². The minimum atomic E-state index is 0.349. The van der Waals surface area contributed by atoms with Crippen molar-refractivity contribution in [3.8, 4) is 0 Å². The lowest BCUT2D eigenvalue weighted by atomic mass is 9.90. The Kier molecular flexibility index (Phi) is 7.59. The quantitative estimate of drug-likeness (QED) is 0.653. The summed E-state index contributed by atoms with van der Waals surface area (Å²) >= 11 is 0. The maximum Gasteiger partial charge on any atom is 0.222 e. The van der Waals surface area contributed by atoms with Gasteiger partial charge in [0.25, 0.3) is 0 Å². The van der Waals surface area contributed by atoms with Gasteiger partial charge in [0.05, 0.1) is 25.5 Å². The zero-order chi connectivity index (χ0) is 19.1. The molecule has 0 bridgehead atoms. The summed E-state index contributed by atoms with van der Waals surface area (Å²) in [4.78, 5) is 23.7. The van der Waals surface area contributed by atoms with Crippen molar-refractivity contribution in [2.45, 2.75) is 64.4 Å². The highest BCUT2D eigenvalue weighted by molar-refractivity contribution is 5.76. The number of aryl methyl sites for hydroxylation is 1. The van der Waals surface area contributed by atoms with E-state index in [2.05, 4.69) is 9.88 Å². The molecule has 0 spiro atoms. The van der Waals surface area contributed by atoms with E-state index in [0.29, 0.717) is 37.6 Å². The van der Waals surface area contributed by atoms with Crippen molar-refractivity contribution in [3.05, 3.63) is 23.3 Å². The highest BCUT2D eigenvalue weighted by atomic mass is 16.5. The van der Waals surface area contributed by atoms with Crippen LogP contribution in [0.5, 0.6) is 0 Å². The standard InChI is InChI=1S/C21H33N3O3/c1-16-22-14-19(15-27-12-11-26-2)21(23-16)18-7-9-24(10-8-18)20(25)13-17-5-3-4-6-17/h14,17-18H,3-13,15H2,1-2H3. The molecular formula is C21H33N3O3. The lowest BCUT2D eigenvalue weighted by Crippen LogP contribution is -2.38. The van der Waals surface area contributed by atoms with Gasteiger partial charge in [0.15, 0.2) is 0 Å². The maximum atomic E-state index is 12.6. The third-order valence-corrected chi connectivity index (χ3v) is 5.88. The summed E-state index contributed by atoms with van der Waals surface area (Å²) in [6.07, 6.45) is 9.63. The molecule has 1 amide bonds. The zero-order valence-electron chi connectivity index (χ0n) is 16.8. The second-order valence-corrected chi connectivity index (χ2v) is 7.88. The normalized spacial score (nSPS) is 19.0. The molecule has 6 heteroatoms. The molecule has 0 radical (unpaired) electrons. The first-order valence-electron chi connectivity index (χ1n) is 10.3. The Morgan fingerprint density at radius 2 is 1.93 bits per heavy atom. The first-order chi connectivity index (χ1) is 13.2. The number of nitrogens with zero attached hydrogens (tertiary/aromatic N) is 3. The van der Waals surface area contributed by atoms with E-state index in [9.17, 15) is 4.79 Å². The van der Waals surface area contributed by atoms with Crippen molar-refractivity contribution in [3.63, 3.8) is 0 Å². The van der Waals surface area contributed by atoms with E-state index >= 15 is 0 Å². The van der Waals surface area contributed by atoms with Gasteiger partial charge >= 0.3 is 0 Å². The van der Waals surface area contributed by atoms with Crippen molar-refractivity contribution >= 4 is 5.91 Å². The molecular weight excluding hydrogens is 342 g/mol. The summed E-state index contributed by atoms with van der Waals surface area (Å²) in [5.41, 5.74) is 2.16. The molecule has 0 aromatic carbocycles. The Balaban J connectivity index is 1.55. The van der Waals surface area contributed by atoms with Crippen molar-refractivity contribution < 1.29 is 14.3 Å². The van der Waals surface area contributed by atoms with Gasteiger partial charge in [0.2, 0.25) is 5.91 Å². The predicted octanol–water partition coefficient (Wildman–Crippen LogP) is 3.23. The molecule has 1 aromatic rings. The Hall–Kier alpha value is -1.53.